The van der Waals surface area contributed by atoms with Crippen LogP contribution in [0.3, 0.4) is 0 Å². The number of hydrogen-bond donors (Lipinski definition) is 0. The summed E-state index contributed by atoms with van der Waals surface area (Å²) in [4.78, 5) is 13.4. The summed E-state index contributed by atoms with van der Waals surface area (Å²) in [6.45, 7) is 13.4. The van der Waals surface area contributed by atoms with Crippen molar-refractivity contribution in [1.29, 1.82) is 0 Å². The van der Waals surface area contributed by atoms with Gasteiger partial charge in [-0.25, -0.2) is 0 Å². The molecule has 2 atom stereocenters. The van der Waals surface area contributed by atoms with Gasteiger partial charge in [0.05, 0.1) is 18.0 Å². The molecule has 1 aliphatic heterocycles. The molecule has 136 valence electrons. The van der Waals surface area contributed by atoms with Crippen LogP contribution in [-0.2, 0) is 0 Å². The third-order valence-corrected chi connectivity index (χ3v) is 5.46. The molecule has 0 spiro atoms. The third kappa shape index (κ3) is 5.78. The Labute approximate surface area is 157 Å². The van der Waals surface area contributed by atoms with Gasteiger partial charge in [-0.2, -0.15) is 0 Å². The zero-order valence-electron chi connectivity index (χ0n) is 15.8. The lowest BCUT2D eigenvalue weighted by atomic mass is 9.81. The van der Waals surface area contributed by atoms with E-state index in [0.717, 1.165) is 49.9 Å². The van der Waals surface area contributed by atoms with Crippen LogP contribution in [-0.4, -0.2) is 30.2 Å². The first-order valence-corrected chi connectivity index (χ1v) is 9.52. The zero-order valence-corrected chi connectivity index (χ0v) is 16.6. The van der Waals surface area contributed by atoms with E-state index in [1.807, 2.05) is 13.1 Å². The highest BCUT2D eigenvalue weighted by Gasteiger charge is 2.25. The van der Waals surface area contributed by atoms with E-state index in [1.165, 1.54) is 16.7 Å². The molecule has 2 unspecified atom stereocenters. The Morgan fingerprint density at radius 2 is 2.08 bits per heavy atom. The molecule has 1 heterocycles. The van der Waals surface area contributed by atoms with Crippen LogP contribution in [0.2, 0.25) is 0 Å². The minimum atomic E-state index is 0.435. The zero-order chi connectivity index (χ0) is 18.4. The van der Waals surface area contributed by atoms with Gasteiger partial charge in [0.15, 0.2) is 0 Å². The standard InChI is InChI=1S/C21H30ClN3/c1-6-19-10-17-9-18(8-14(2)7-15(19)3)12-24-16(4)20(11-17)25-13-21(22)23-5/h12,17,19H,2-3,6-11,13H2,1,4-5H3/b18-12-,23-21?,24-16?,25-20?. The molecule has 3 nitrogen and oxygen atoms in total. The van der Waals surface area contributed by atoms with Crippen molar-refractivity contribution < 1.29 is 0 Å². The molecule has 0 aromatic carbocycles. The van der Waals surface area contributed by atoms with Crippen molar-refractivity contribution >= 4 is 28.2 Å². The van der Waals surface area contributed by atoms with E-state index in [-0.39, 0.29) is 0 Å². The van der Waals surface area contributed by atoms with Gasteiger partial charge < -0.3 is 0 Å². The first kappa shape index (κ1) is 19.8. The van der Waals surface area contributed by atoms with Gasteiger partial charge in [0.2, 0.25) is 0 Å². The molecule has 1 aliphatic carbocycles. The highest BCUT2D eigenvalue weighted by Crippen LogP contribution is 2.36. The molecule has 25 heavy (non-hydrogen) atoms. The Bertz CT molecular complexity index is 652. The lowest BCUT2D eigenvalue weighted by molar-refractivity contribution is 0.403. The van der Waals surface area contributed by atoms with Crippen LogP contribution in [0, 0.1) is 11.8 Å². The van der Waals surface area contributed by atoms with Crippen LogP contribution in [0.15, 0.2) is 51.1 Å². The van der Waals surface area contributed by atoms with Gasteiger partial charge in [0.1, 0.15) is 5.17 Å². The normalized spacial score (nSPS) is 29.8. The predicted molar refractivity (Wildman–Crippen MR) is 111 cm³/mol. The van der Waals surface area contributed by atoms with Crippen LogP contribution in [0.25, 0.3) is 0 Å². The Morgan fingerprint density at radius 3 is 2.76 bits per heavy atom. The molecule has 4 heteroatoms. The Morgan fingerprint density at radius 1 is 1.32 bits per heavy atom. The van der Waals surface area contributed by atoms with E-state index in [9.17, 15) is 0 Å². The quantitative estimate of drug-likeness (QED) is 0.453. The fraction of sp³-hybridized carbons (Fsp3) is 0.571. The van der Waals surface area contributed by atoms with Crippen molar-refractivity contribution in [3.63, 3.8) is 0 Å². The number of halogens is 1. The summed E-state index contributed by atoms with van der Waals surface area (Å²) in [6.07, 6.45) is 8.20. The molecule has 2 rings (SSSR count). The van der Waals surface area contributed by atoms with Crippen LogP contribution in [0.1, 0.15) is 52.4 Å². The molecule has 0 aromatic heterocycles. The van der Waals surface area contributed by atoms with Crippen LogP contribution < -0.4 is 0 Å². The molecule has 0 aromatic rings. The van der Waals surface area contributed by atoms with Crippen molar-refractivity contribution in [2.24, 2.45) is 26.8 Å². The number of hydrogen-bond acceptors (Lipinski definition) is 3. The minimum absolute atomic E-state index is 0.435. The number of nitrogens with zero attached hydrogens (tertiary/aromatic N) is 3. The number of fused-ring (bicyclic) bond motifs is 2. The second kappa shape index (κ2) is 9.28. The predicted octanol–water partition coefficient (Wildman–Crippen LogP) is 5.77. The number of aliphatic imine (C=N–C) groups is 3. The van der Waals surface area contributed by atoms with Crippen LogP contribution in [0.4, 0.5) is 0 Å². The summed E-state index contributed by atoms with van der Waals surface area (Å²) in [6, 6.07) is 0. The molecule has 0 amide bonds. The van der Waals surface area contributed by atoms with Gasteiger partial charge in [-0.05, 0) is 62.9 Å². The highest BCUT2D eigenvalue weighted by molar-refractivity contribution is 6.66. The van der Waals surface area contributed by atoms with Crippen LogP contribution in [0.5, 0.6) is 0 Å². The molecule has 0 N–H and O–H groups in total. The maximum Gasteiger partial charge on any atom is 0.121 e. The van der Waals surface area contributed by atoms with Crippen molar-refractivity contribution in [2.75, 3.05) is 13.6 Å². The van der Waals surface area contributed by atoms with Gasteiger partial charge in [0, 0.05) is 13.2 Å². The molecular weight excluding hydrogens is 330 g/mol. The highest BCUT2D eigenvalue weighted by atomic mass is 35.5. The minimum Gasteiger partial charge on any atom is -0.281 e. The lowest BCUT2D eigenvalue weighted by Crippen LogP contribution is -2.21. The maximum atomic E-state index is 6.03. The second-order valence-electron chi connectivity index (χ2n) is 7.24. The fourth-order valence-corrected chi connectivity index (χ4v) is 3.81. The first-order valence-electron chi connectivity index (χ1n) is 9.14. The summed E-state index contributed by atoms with van der Waals surface area (Å²) in [5, 5.41) is 0.532. The SMILES string of the molecule is C=C1CC(=C)C(CC)CC2CC(=NCC(Cl)=NC)C(C)=N/C=C(/C1)C2. The summed E-state index contributed by atoms with van der Waals surface area (Å²) in [5.74, 6) is 1.11. The molecule has 0 radical (unpaired) electrons. The topological polar surface area (TPSA) is 37.1 Å². The lowest BCUT2D eigenvalue weighted by Gasteiger charge is -2.25. The maximum absolute atomic E-state index is 6.03. The van der Waals surface area contributed by atoms with E-state index in [4.69, 9.17) is 16.6 Å². The fourth-order valence-electron chi connectivity index (χ4n) is 3.75. The first-order chi connectivity index (χ1) is 11.9. The average Bonchev–Trinajstić information content (AvgIpc) is 2.63. The van der Waals surface area contributed by atoms with Crippen LogP contribution >= 0.6 is 11.6 Å². The van der Waals surface area contributed by atoms with Gasteiger partial charge in [-0.1, -0.05) is 42.8 Å². The number of allylic oxidation sites excluding steroid dienone is 3. The molecule has 2 aliphatic rings. The molecule has 1 saturated carbocycles. The summed E-state index contributed by atoms with van der Waals surface area (Å²) >= 11 is 6.03. The van der Waals surface area contributed by atoms with Gasteiger partial charge in [-0.3, -0.25) is 15.0 Å². The summed E-state index contributed by atoms with van der Waals surface area (Å²) in [7, 11) is 1.69. The van der Waals surface area contributed by atoms with Crippen molar-refractivity contribution in [3.8, 4) is 0 Å². The van der Waals surface area contributed by atoms with E-state index < -0.39 is 0 Å². The monoisotopic (exact) mass is 359 g/mol. The molecule has 2 bridgehead atoms. The largest absolute Gasteiger partial charge is 0.281 e. The van der Waals surface area contributed by atoms with Crippen molar-refractivity contribution in [3.05, 3.63) is 36.1 Å². The smallest absolute Gasteiger partial charge is 0.121 e. The number of rotatable bonds is 3. The Hall–Kier alpha value is -1.48. The molecule has 0 saturated heterocycles. The van der Waals surface area contributed by atoms with E-state index >= 15 is 0 Å². The second-order valence-corrected chi connectivity index (χ2v) is 7.68. The van der Waals surface area contributed by atoms with Crippen molar-refractivity contribution in [1.82, 2.24) is 0 Å². The van der Waals surface area contributed by atoms with E-state index in [0.29, 0.717) is 23.6 Å². The van der Waals surface area contributed by atoms with Gasteiger partial charge >= 0.3 is 0 Å². The van der Waals surface area contributed by atoms with Gasteiger partial charge in [0.25, 0.3) is 0 Å². The average molecular weight is 360 g/mol. The molecular formula is C21H30ClN3. The van der Waals surface area contributed by atoms with Crippen molar-refractivity contribution in [2.45, 2.75) is 52.4 Å². The summed E-state index contributed by atoms with van der Waals surface area (Å²) < 4.78 is 0. The van der Waals surface area contributed by atoms with E-state index in [2.05, 4.69) is 30.1 Å². The molecule has 1 fully saturated rings. The van der Waals surface area contributed by atoms with E-state index in [1.54, 1.807) is 7.05 Å². The summed E-state index contributed by atoms with van der Waals surface area (Å²) in [5.41, 5.74) is 6.00. The third-order valence-electron chi connectivity index (χ3n) is 5.18. The Balaban J connectivity index is 2.34. The Kier molecular flexibility index (Phi) is 7.37. The van der Waals surface area contributed by atoms with Gasteiger partial charge in [-0.15, -0.1) is 0 Å².